The highest BCUT2D eigenvalue weighted by atomic mass is 32.2. The van der Waals surface area contributed by atoms with Crippen LogP contribution in [-0.2, 0) is 22.0 Å². The van der Waals surface area contributed by atoms with Gasteiger partial charge in [0, 0.05) is 32.7 Å². The molecule has 0 N–H and O–H groups in total. The van der Waals surface area contributed by atoms with Gasteiger partial charge in [0.15, 0.2) is 0 Å². The molecule has 0 spiro atoms. The summed E-state index contributed by atoms with van der Waals surface area (Å²) in [5.41, 5.74) is 2.85. The minimum atomic E-state index is -3.47. The smallest absolute Gasteiger partial charge is 0.243 e. The van der Waals surface area contributed by atoms with Gasteiger partial charge in [-0.15, -0.1) is 0 Å². The quantitative estimate of drug-likeness (QED) is 0.794. The Bertz CT molecular complexity index is 962. The molecule has 1 aliphatic heterocycles. The van der Waals surface area contributed by atoms with Gasteiger partial charge in [-0.05, 0) is 40.8 Å². The SMILES string of the molecule is CC(C)(C)c1ccc(S(=O)(=O)N2CCN(Cc3cccc(C#N)c3)CC2)cc1. The van der Waals surface area contributed by atoms with Crippen molar-refractivity contribution in [2.45, 2.75) is 37.6 Å². The molecule has 0 bridgehead atoms. The maximum Gasteiger partial charge on any atom is 0.243 e. The first-order chi connectivity index (χ1) is 13.2. The van der Waals surface area contributed by atoms with Crippen molar-refractivity contribution >= 4 is 10.0 Å². The van der Waals surface area contributed by atoms with Crippen molar-refractivity contribution in [3.8, 4) is 6.07 Å². The van der Waals surface area contributed by atoms with E-state index < -0.39 is 10.0 Å². The van der Waals surface area contributed by atoms with Crippen LogP contribution in [0.3, 0.4) is 0 Å². The maximum absolute atomic E-state index is 13.0. The van der Waals surface area contributed by atoms with Gasteiger partial charge in [-0.3, -0.25) is 4.90 Å². The molecule has 3 rings (SSSR count). The summed E-state index contributed by atoms with van der Waals surface area (Å²) in [6.07, 6.45) is 0. The van der Waals surface area contributed by atoms with Crippen LogP contribution >= 0.6 is 0 Å². The van der Waals surface area contributed by atoms with Gasteiger partial charge in [0.2, 0.25) is 10.0 Å². The van der Waals surface area contributed by atoms with E-state index in [0.29, 0.717) is 36.6 Å². The van der Waals surface area contributed by atoms with E-state index in [0.717, 1.165) is 17.7 Å². The van der Waals surface area contributed by atoms with E-state index in [1.165, 1.54) is 0 Å². The number of sulfonamides is 1. The zero-order chi connectivity index (χ0) is 20.4. The average molecular weight is 398 g/mol. The van der Waals surface area contributed by atoms with Crippen molar-refractivity contribution in [2.75, 3.05) is 26.2 Å². The first-order valence-corrected chi connectivity index (χ1v) is 11.0. The molecule has 28 heavy (non-hydrogen) atoms. The second kappa shape index (κ2) is 8.04. The topological polar surface area (TPSA) is 64.4 Å². The van der Waals surface area contributed by atoms with Crippen molar-refractivity contribution in [2.24, 2.45) is 0 Å². The summed E-state index contributed by atoms with van der Waals surface area (Å²) < 4.78 is 27.5. The Labute approximate surface area is 168 Å². The predicted octanol–water partition coefficient (Wildman–Crippen LogP) is 3.36. The van der Waals surface area contributed by atoms with Gasteiger partial charge in [0.05, 0.1) is 16.5 Å². The van der Waals surface area contributed by atoms with Gasteiger partial charge >= 0.3 is 0 Å². The van der Waals surface area contributed by atoms with Crippen molar-refractivity contribution in [3.05, 3.63) is 65.2 Å². The third kappa shape index (κ3) is 4.61. The molecule has 2 aromatic carbocycles. The summed E-state index contributed by atoms with van der Waals surface area (Å²) in [6, 6.07) is 17.0. The first-order valence-electron chi connectivity index (χ1n) is 9.52. The van der Waals surface area contributed by atoms with Gasteiger partial charge in [0.1, 0.15) is 0 Å². The first kappa shape index (κ1) is 20.5. The molecular formula is C22H27N3O2S. The molecule has 0 atom stereocenters. The lowest BCUT2D eigenvalue weighted by molar-refractivity contribution is 0.181. The van der Waals surface area contributed by atoms with E-state index >= 15 is 0 Å². The molecule has 0 amide bonds. The molecule has 1 aliphatic rings. The Hall–Kier alpha value is -2.20. The summed E-state index contributed by atoms with van der Waals surface area (Å²) in [6.45, 7) is 9.37. The molecule has 0 aromatic heterocycles. The molecule has 1 fully saturated rings. The van der Waals surface area contributed by atoms with E-state index in [9.17, 15) is 8.42 Å². The van der Waals surface area contributed by atoms with Gasteiger partial charge in [-0.1, -0.05) is 45.0 Å². The van der Waals surface area contributed by atoms with E-state index in [-0.39, 0.29) is 5.41 Å². The molecule has 148 valence electrons. The van der Waals surface area contributed by atoms with Gasteiger partial charge in [-0.2, -0.15) is 9.57 Å². The standard InChI is InChI=1S/C22H27N3O2S/c1-22(2,3)20-7-9-21(10-8-20)28(26,27)25-13-11-24(12-14-25)17-19-6-4-5-18(15-19)16-23/h4-10,15H,11-14,17H2,1-3H3. The van der Waals surface area contributed by atoms with E-state index in [2.05, 4.69) is 31.7 Å². The molecular weight excluding hydrogens is 370 g/mol. The highest BCUT2D eigenvalue weighted by Gasteiger charge is 2.28. The molecule has 0 radical (unpaired) electrons. The minimum Gasteiger partial charge on any atom is -0.296 e. The highest BCUT2D eigenvalue weighted by molar-refractivity contribution is 7.89. The maximum atomic E-state index is 13.0. The number of nitriles is 1. The molecule has 1 heterocycles. The van der Waals surface area contributed by atoms with Crippen LogP contribution in [0.1, 0.15) is 37.5 Å². The number of nitrogens with zero attached hydrogens (tertiary/aromatic N) is 3. The van der Waals surface area contributed by atoms with E-state index in [4.69, 9.17) is 5.26 Å². The number of benzene rings is 2. The number of piperazine rings is 1. The predicted molar refractivity (Wildman–Crippen MR) is 110 cm³/mol. The third-order valence-corrected chi connectivity index (χ3v) is 7.06. The van der Waals surface area contributed by atoms with Crippen LogP contribution < -0.4 is 0 Å². The Kier molecular flexibility index (Phi) is 5.90. The third-order valence-electron chi connectivity index (χ3n) is 5.15. The van der Waals surface area contributed by atoms with E-state index in [1.54, 1.807) is 22.5 Å². The van der Waals surface area contributed by atoms with Crippen LogP contribution in [0, 0.1) is 11.3 Å². The Balaban J connectivity index is 1.64. The molecule has 2 aromatic rings. The van der Waals surface area contributed by atoms with Crippen molar-refractivity contribution < 1.29 is 8.42 Å². The fraction of sp³-hybridized carbons (Fsp3) is 0.409. The fourth-order valence-corrected chi connectivity index (χ4v) is 4.82. The second-order valence-corrected chi connectivity index (χ2v) is 10.2. The lowest BCUT2D eigenvalue weighted by Gasteiger charge is -2.34. The van der Waals surface area contributed by atoms with Crippen molar-refractivity contribution in [1.29, 1.82) is 5.26 Å². The van der Waals surface area contributed by atoms with Gasteiger partial charge in [-0.25, -0.2) is 8.42 Å². The van der Waals surface area contributed by atoms with Crippen LogP contribution in [0.25, 0.3) is 0 Å². The molecule has 5 nitrogen and oxygen atoms in total. The summed E-state index contributed by atoms with van der Waals surface area (Å²) >= 11 is 0. The van der Waals surface area contributed by atoms with Crippen LogP contribution in [0.5, 0.6) is 0 Å². The normalized spacial score (nSPS) is 16.6. The molecule has 0 unspecified atom stereocenters. The van der Waals surface area contributed by atoms with Crippen molar-refractivity contribution in [1.82, 2.24) is 9.21 Å². The fourth-order valence-electron chi connectivity index (χ4n) is 3.40. The number of rotatable bonds is 4. The summed E-state index contributed by atoms with van der Waals surface area (Å²) in [5.74, 6) is 0. The number of hydrogen-bond donors (Lipinski definition) is 0. The second-order valence-electron chi connectivity index (χ2n) is 8.27. The molecule has 6 heteroatoms. The lowest BCUT2D eigenvalue weighted by Crippen LogP contribution is -2.48. The molecule has 0 saturated carbocycles. The Morgan fingerprint density at radius 1 is 1.00 bits per heavy atom. The van der Waals surface area contributed by atoms with E-state index in [1.807, 2.05) is 30.3 Å². The van der Waals surface area contributed by atoms with Crippen LogP contribution in [0.4, 0.5) is 0 Å². The Morgan fingerprint density at radius 2 is 1.64 bits per heavy atom. The van der Waals surface area contributed by atoms with Crippen LogP contribution in [-0.4, -0.2) is 43.8 Å². The van der Waals surface area contributed by atoms with Crippen LogP contribution in [0.15, 0.2) is 53.4 Å². The van der Waals surface area contributed by atoms with Crippen molar-refractivity contribution in [3.63, 3.8) is 0 Å². The van der Waals surface area contributed by atoms with Crippen LogP contribution in [0.2, 0.25) is 0 Å². The largest absolute Gasteiger partial charge is 0.296 e. The van der Waals surface area contributed by atoms with Gasteiger partial charge in [0.25, 0.3) is 0 Å². The summed E-state index contributed by atoms with van der Waals surface area (Å²) in [4.78, 5) is 2.58. The zero-order valence-electron chi connectivity index (χ0n) is 16.7. The number of hydrogen-bond acceptors (Lipinski definition) is 4. The molecule has 1 saturated heterocycles. The lowest BCUT2D eigenvalue weighted by atomic mass is 9.87. The summed E-state index contributed by atoms with van der Waals surface area (Å²) in [7, 11) is -3.47. The monoisotopic (exact) mass is 397 g/mol. The van der Waals surface area contributed by atoms with Gasteiger partial charge < -0.3 is 0 Å². The molecule has 0 aliphatic carbocycles. The zero-order valence-corrected chi connectivity index (χ0v) is 17.5. The summed E-state index contributed by atoms with van der Waals surface area (Å²) in [5, 5.41) is 9.02. The highest BCUT2D eigenvalue weighted by Crippen LogP contribution is 2.25. The average Bonchev–Trinajstić information content (AvgIpc) is 2.68. The Morgan fingerprint density at radius 3 is 2.21 bits per heavy atom. The minimum absolute atomic E-state index is 0.00321.